The maximum Gasteiger partial charge on any atom is 0.307 e. The lowest BCUT2D eigenvalue weighted by molar-refractivity contribution is -0.142. The van der Waals surface area contributed by atoms with Crippen LogP contribution in [0.5, 0.6) is 0 Å². The number of Topliss-reactive ketones (excluding diaryl/α,β-unsaturated/α-hetero) is 1. The van der Waals surface area contributed by atoms with E-state index in [9.17, 15) is 18.0 Å². The Morgan fingerprint density at radius 2 is 1.77 bits per heavy atom. The molecule has 1 aromatic carbocycles. The first kappa shape index (κ1) is 23.0. The Kier molecular flexibility index (Phi) is 7.12. The average Bonchev–Trinajstić information content (AvgIpc) is 3.34. The second-order valence-corrected chi connectivity index (χ2v) is 10.6. The van der Waals surface area contributed by atoms with Crippen molar-refractivity contribution in [3.8, 4) is 0 Å². The number of thiophene rings is 1. The highest BCUT2D eigenvalue weighted by Crippen LogP contribution is 2.20. The lowest BCUT2D eigenvalue weighted by Crippen LogP contribution is -2.18. The molecule has 0 aliphatic heterocycles. The highest BCUT2D eigenvalue weighted by atomic mass is 32.2. The van der Waals surface area contributed by atoms with Gasteiger partial charge in [-0.05, 0) is 50.4 Å². The molecule has 0 unspecified atom stereocenters. The van der Waals surface area contributed by atoms with Gasteiger partial charge >= 0.3 is 5.97 Å². The summed E-state index contributed by atoms with van der Waals surface area (Å²) in [5, 5.41) is 2.01. The number of benzene rings is 1. The number of hydrogen-bond acceptors (Lipinski definition) is 6. The Balaban J connectivity index is 1.56. The number of sulfone groups is 1. The number of carbonyl (C=O) groups excluding carboxylic acids is 2. The standard InChI is InChI=1S/C23H25NO5S2/c1-16-6-8-20(9-7-16)31(27,28)12-10-23(26)29-15-22(25)21-13-17(2)24(18(21)3)14-19-5-4-11-30-19/h4-9,11,13H,10,12,14-15H2,1-3H3. The van der Waals surface area contributed by atoms with Gasteiger partial charge in [-0.2, -0.15) is 0 Å². The van der Waals surface area contributed by atoms with Gasteiger partial charge in [-0.1, -0.05) is 23.8 Å². The van der Waals surface area contributed by atoms with Crippen LogP contribution in [0.15, 0.2) is 52.7 Å². The van der Waals surface area contributed by atoms with Crippen LogP contribution in [0.1, 0.15) is 38.6 Å². The molecular formula is C23H25NO5S2. The molecule has 0 aliphatic rings. The fraction of sp³-hybridized carbons (Fsp3) is 0.304. The summed E-state index contributed by atoms with van der Waals surface area (Å²) in [4.78, 5) is 26.0. The van der Waals surface area contributed by atoms with Crippen molar-refractivity contribution < 1.29 is 22.7 Å². The lowest BCUT2D eigenvalue weighted by Gasteiger charge is -2.09. The van der Waals surface area contributed by atoms with Crippen molar-refractivity contribution in [3.05, 3.63) is 75.2 Å². The Labute approximate surface area is 186 Å². The molecule has 0 radical (unpaired) electrons. The molecule has 164 valence electrons. The van der Waals surface area contributed by atoms with Crippen molar-refractivity contribution in [2.24, 2.45) is 0 Å². The average molecular weight is 460 g/mol. The third kappa shape index (κ3) is 5.71. The number of aryl methyl sites for hydroxylation is 2. The Morgan fingerprint density at radius 3 is 2.42 bits per heavy atom. The Hall–Kier alpha value is -2.71. The first-order chi connectivity index (χ1) is 14.7. The molecule has 0 N–H and O–H groups in total. The molecule has 0 fully saturated rings. The summed E-state index contributed by atoms with van der Waals surface area (Å²) in [7, 11) is -3.58. The van der Waals surface area contributed by atoms with Crippen LogP contribution in [-0.2, 0) is 25.9 Å². The van der Waals surface area contributed by atoms with Crippen LogP contribution in [0.25, 0.3) is 0 Å². The minimum atomic E-state index is -3.58. The normalized spacial score (nSPS) is 11.5. The van der Waals surface area contributed by atoms with E-state index in [1.54, 1.807) is 29.5 Å². The van der Waals surface area contributed by atoms with Gasteiger partial charge in [-0.3, -0.25) is 9.59 Å². The van der Waals surface area contributed by atoms with Gasteiger partial charge in [0, 0.05) is 21.8 Å². The van der Waals surface area contributed by atoms with Crippen LogP contribution < -0.4 is 0 Å². The molecular weight excluding hydrogens is 434 g/mol. The molecule has 3 rings (SSSR count). The van der Waals surface area contributed by atoms with Crippen molar-refractivity contribution in [3.63, 3.8) is 0 Å². The molecule has 0 spiro atoms. The fourth-order valence-corrected chi connectivity index (χ4v) is 5.18. The van der Waals surface area contributed by atoms with Crippen LogP contribution in [0.4, 0.5) is 0 Å². The van der Waals surface area contributed by atoms with E-state index in [-0.39, 0.29) is 22.9 Å². The number of nitrogens with zero attached hydrogens (tertiary/aromatic N) is 1. The first-order valence-electron chi connectivity index (χ1n) is 9.85. The SMILES string of the molecule is Cc1ccc(S(=O)(=O)CCC(=O)OCC(=O)c2cc(C)n(Cc3cccs3)c2C)cc1. The lowest BCUT2D eigenvalue weighted by atomic mass is 10.1. The van der Waals surface area contributed by atoms with Crippen molar-refractivity contribution >= 4 is 32.9 Å². The van der Waals surface area contributed by atoms with Gasteiger partial charge in [0.2, 0.25) is 5.78 Å². The molecule has 31 heavy (non-hydrogen) atoms. The van der Waals surface area contributed by atoms with Crippen molar-refractivity contribution in [1.29, 1.82) is 0 Å². The van der Waals surface area contributed by atoms with Crippen LogP contribution in [0.2, 0.25) is 0 Å². The molecule has 0 amide bonds. The van der Waals surface area contributed by atoms with E-state index in [1.807, 2.05) is 38.3 Å². The summed E-state index contributed by atoms with van der Waals surface area (Å²) >= 11 is 1.65. The molecule has 2 aromatic heterocycles. The highest BCUT2D eigenvalue weighted by molar-refractivity contribution is 7.91. The molecule has 0 bridgehead atoms. The van der Waals surface area contributed by atoms with E-state index < -0.39 is 22.4 Å². The number of hydrogen-bond donors (Lipinski definition) is 0. The van der Waals surface area contributed by atoms with Crippen LogP contribution in [0, 0.1) is 20.8 Å². The summed E-state index contributed by atoms with van der Waals surface area (Å²) in [6.45, 7) is 5.93. The van der Waals surface area contributed by atoms with E-state index in [4.69, 9.17) is 4.74 Å². The third-order valence-corrected chi connectivity index (χ3v) is 7.68. The number of ether oxygens (including phenoxy) is 1. The van der Waals surface area contributed by atoms with Crippen molar-refractivity contribution in [2.45, 2.75) is 38.6 Å². The molecule has 2 heterocycles. The molecule has 0 saturated carbocycles. The maximum atomic E-state index is 12.6. The fourth-order valence-electron chi connectivity index (χ4n) is 3.26. The maximum absolute atomic E-state index is 12.6. The number of ketones is 1. The van der Waals surface area contributed by atoms with E-state index in [2.05, 4.69) is 4.57 Å². The summed E-state index contributed by atoms with van der Waals surface area (Å²) in [5.41, 5.74) is 3.22. The molecule has 0 aliphatic carbocycles. The molecule has 6 nitrogen and oxygen atoms in total. The van der Waals surface area contributed by atoms with Gasteiger partial charge in [0.05, 0.1) is 23.6 Å². The zero-order valence-corrected chi connectivity index (χ0v) is 19.4. The van der Waals surface area contributed by atoms with E-state index in [1.165, 1.54) is 17.0 Å². The minimum Gasteiger partial charge on any atom is -0.457 e. The second kappa shape index (κ2) is 9.62. The number of carbonyl (C=O) groups is 2. The van der Waals surface area contributed by atoms with Crippen molar-refractivity contribution in [2.75, 3.05) is 12.4 Å². The first-order valence-corrected chi connectivity index (χ1v) is 12.4. The highest BCUT2D eigenvalue weighted by Gasteiger charge is 2.20. The van der Waals surface area contributed by atoms with Crippen molar-refractivity contribution in [1.82, 2.24) is 4.57 Å². The summed E-state index contributed by atoms with van der Waals surface area (Å²) in [6, 6.07) is 12.3. The number of rotatable bonds is 9. The Bertz CT molecular complexity index is 1170. The number of aromatic nitrogens is 1. The van der Waals surface area contributed by atoms with Gasteiger partial charge in [-0.15, -0.1) is 11.3 Å². The van der Waals surface area contributed by atoms with Crippen LogP contribution in [-0.4, -0.2) is 37.1 Å². The van der Waals surface area contributed by atoms with Gasteiger partial charge in [0.1, 0.15) is 0 Å². The smallest absolute Gasteiger partial charge is 0.307 e. The molecule has 0 atom stereocenters. The van der Waals surface area contributed by atoms with E-state index in [0.29, 0.717) is 12.1 Å². The largest absolute Gasteiger partial charge is 0.457 e. The van der Waals surface area contributed by atoms with Gasteiger partial charge in [0.25, 0.3) is 0 Å². The van der Waals surface area contributed by atoms with E-state index >= 15 is 0 Å². The topological polar surface area (TPSA) is 82.4 Å². The van der Waals surface area contributed by atoms with Crippen LogP contribution >= 0.6 is 11.3 Å². The zero-order valence-electron chi connectivity index (χ0n) is 17.8. The predicted molar refractivity (Wildman–Crippen MR) is 120 cm³/mol. The van der Waals surface area contributed by atoms with E-state index in [0.717, 1.165) is 17.0 Å². The zero-order chi connectivity index (χ0) is 22.6. The molecule has 0 saturated heterocycles. The van der Waals surface area contributed by atoms with Gasteiger partial charge < -0.3 is 9.30 Å². The quantitative estimate of drug-likeness (QED) is 0.355. The third-order valence-electron chi connectivity index (χ3n) is 5.09. The molecule has 3 aromatic rings. The monoisotopic (exact) mass is 459 g/mol. The number of esters is 1. The summed E-state index contributed by atoms with van der Waals surface area (Å²) < 4.78 is 31.8. The second-order valence-electron chi connectivity index (χ2n) is 7.42. The van der Waals surface area contributed by atoms with Gasteiger partial charge in [0.15, 0.2) is 16.4 Å². The summed E-state index contributed by atoms with van der Waals surface area (Å²) in [6.07, 6.45) is -0.305. The summed E-state index contributed by atoms with van der Waals surface area (Å²) in [5.74, 6) is -1.38. The predicted octanol–water partition coefficient (Wildman–Crippen LogP) is 4.11. The molecule has 8 heteroatoms. The van der Waals surface area contributed by atoms with Gasteiger partial charge in [-0.25, -0.2) is 8.42 Å². The van der Waals surface area contributed by atoms with Crippen LogP contribution in [0.3, 0.4) is 0 Å². The Morgan fingerprint density at radius 1 is 1.06 bits per heavy atom. The minimum absolute atomic E-state index is 0.167.